The van der Waals surface area contributed by atoms with Crippen LogP contribution in [0, 0.1) is 11.6 Å². The van der Waals surface area contributed by atoms with Gasteiger partial charge in [0.25, 0.3) is 5.91 Å². The summed E-state index contributed by atoms with van der Waals surface area (Å²) in [7, 11) is 6.18. The maximum Gasteiger partial charge on any atom is 0.346 e. The standard InChI is InChI=1S/C33H40F2N2O4.C2H6/c1-37(2,3)30(24-25-14-9-8-10-15-25)32(38)36-22-11-6-4-5-7-12-23-40-26-18-20-27(21-19-26)41-33(39)28-16-13-17-29(34)31(28)35;1-2/h8-10,13-21,30H,4-7,11-12,22-24H2,1-3H3;1-2H3/p+1. The van der Waals surface area contributed by atoms with Crippen LogP contribution in [0.15, 0.2) is 72.8 Å². The number of unbranched alkanes of at least 4 members (excludes halogenated alkanes) is 5. The number of esters is 1. The number of rotatable bonds is 16. The summed E-state index contributed by atoms with van der Waals surface area (Å²) in [6, 6.07) is 19.8. The van der Waals surface area contributed by atoms with Gasteiger partial charge in [-0.3, -0.25) is 4.79 Å². The van der Waals surface area contributed by atoms with Gasteiger partial charge in [-0.2, -0.15) is 0 Å². The number of likely N-dealkylation sites (N-methyl/N-ethyl adjacent to an activating group) is 1. The summed E-state index contributed by atoms with van der Waals surface area (Å²) >= 11 is 0. The van der Waals surface area contributed by atoms with Crippen molar-refractivity contribution in [1.29, 1.82) is 0 Å². The molecule has 8 heteroatoms. The summed E-state index contributed by atoms with van der Waals surface area (Å²) in [5.74, 6) is -2.34. The molecule has 6 nitrogen and oxygen atoms in total. The lowest BCUT2D eigenvalue weighted by atomic mass is 10.0. The SMILES string of the molecule is CC.C[N+](C)(C)C(Cc1ccccc1)C(=O)NCCCCCCCCOc1ccc(OC(=O)c2cccc(F)c2F)cc1. The highest BCUT2D eigenvalue weighted by Gasteiger charge is 2.31. The zero-order valence-electron chi connectivity index (χ0n) is 26.2. The topological polar surface area (TPSA) is 64.6 Å². The Labute approximate surface area is 255 Å². The first-order valence-electron chi connectivity index (χ1n) is 15.2. The maximum absolute atomic E-state index is 13.8. The first-order chi connectivity index (χ1) is 20.6. The van der Waals surface area contributed by atoms with Crippen LogP contribution >= 0.6 is 0 Å². The van der Waals surface area contributed by atoms with Crippen LogP contribution in [0.2, 0.25) is 0 Å². The lowest BCUT2D eigenvalue weighted by molar-refractivity contribution is -0.886. The van der Waals surface area contributed by atoms with Crippen molar-refractivity contribution in [2.45, 2.75) is 64.8 Å². The molecule has 1 amide bonds. The Morgan fingerprint density at radius 1 is 0.767 bits per heavy atom. The van der Waals surface area contributed by atoms with Gasteiger partial charge in [-0.25, -0.2) is 13.6 Å². The first kappa shape index (κ1) is 35.4. The fraction of sp³-hybridized carbons (Fsp3) is 0.429. The molecule has 0 aromatic heterocycles. The van der Waals surface area contributed by atoms with Crippen LogP contribution in [0.3, 0.4) is 0 Å². The largest absolute Gasteiger partial charge is 0.494 e. The average molecular weight is 598 g/mol. The van der Waals surface area contributed by atoms with Crippen LogP contribution in [0.25, 0.3) is 0 Å². The molecule has 3 aromatic rings. The molecular weight excluding hydrogens is 550 g/mol. The molecule has 0 spiro atoms. The molecule has 1 unspecified atom stereocenters. The minimum atomic E-state index is -1.23. The second kappa shape index (κ2) is 18.7. The minimum absolute atomic E-state index is 0.102. The van der Waals surface area contributed by atoms with E-state index in [1.165, 1.54) is 17.7 Å². The van der Waals surface area contributed by atoms with Gasteiger partial charge in [0.2, 0.25) is 0 Å². The summed E-state index contributed by atoms with van der Waals surface area (Å²) in [6.07, 6.45) is 6.89. The van der Waals surface area contributed by atoms with E-state index in [4.69, 9.17) is 9.47 Å². The number of hydrogen-bond acceptors (Lipinski definition) is 4. The molecule has 0 aliphatic carbocycles. The third-order valence-corrected chi connectivity index (χ3v) is 6.85. The lowest BCUT2D eigenvalue weighted by Crippen LogP contribution is -2.55. The molecule has 0 aliphatic heterocycles. The van der Waals surface area contributed by atoms with E-state index < -0.39 is 23.2 Å². The number of quaternary nitrogens is 1. The van der Waals surface area contributed by atoms with Gasteiger partial charge in [0.15, 0.2) is 17.7 Å². The smallest absolute Gasteiger partial charge is 0.346 e. The van der Waals surface area contributed by atoms with Crippen molar-refractivity contribution in [2.75, 3.05) is 34.3 Å². The molecule has 0 fully saturated rings. The molecule has 1 atom stereocenters. The quantitative estimate of drug-likeness (QED) is 0.0811. The number of hydrogen-bond donors (Lipinski definition) is 1. The van der Waals surface area contributed by atoms with E-state index in [1.807, 2.05) is 32.0 Å². The number of benzene rings is 3. The third-order valence-electron chi connectivity index (χ3n) is 6.85. The number of carbonyl (C=O) groups excluding carboxylic acids is 2. The molecular formula is C35H47F2N2O4+. The van der Waals surface area contributed by atoms with Crippen molar-refractivity contribution in [3.8, 4) is 11.5 Å². The molecule has 3 aromatic carbocycles. The fourth-order valence-electron chi connectivity index (χ4n) is 4.44. The van der Waals surface area contributed by atoms with E-state index in [0.29, 0.717) is 29.8 Å². The Hall–Kier alpha value is -3.78. The highest BCUT2D eigenvalue weighted by Crippen LogP contribution is 2.20. The number of carbonyl (C=O) groups is 2. The number of nitrogens with zero attached hydrogens (tertiary/aromatic N) is 1. The van der Waals surface area contributed by atoms with Crippen LogP contribution in [0.4, 0.5) is 8.78 Å². The predicted molar refractivity (Wildman–Crippen MR) is 167 cm³/mol. The predicted octanol–water partition coefficient (Wildman–Crippen LogP) is 7.36. The van der Waals surface area contributed by atoms with E-state index in [-0.39, 0.29) is 17.7 Å². The Kier molecular flexibility index (Phi) is 15.4. The number of ether oxygens (including phenoxy) is 2. The number of amides is 1. The van der Waals surface area contributed by atoms with Crippen molar-refractivity contribution >= 4 is 11.9 Å². The van der Waals surface area contributed by atoms with Crippen LogP contribution in [0.5, 0.6) is 11.5 Å². The Morgan fingerprint density at radius 2 is 1.37 bits per heavy atom. The molecule has 0 saturated carbocycles. The summed E-state index contributed by atoms with van der Waals surface area (Å²) in [4.78, 5) is 25.0. The van der Waals surface area contributed by atoms with Crippen molar-refractivity contribution < 1.29 is 32.3 Å². The normalized spacial score (nSPS) is 11.6. The van der Waals surface area contributed by atoms with E-state index in [1.54, 1.807) is 24.3 Å². The number of nitrogens with one attached hydrogen (secondary N) is 1. The zero-order valence-corrected chi connectivity index (χ0v) is 26.2. The van der Waals surface area contributed by atoms with Gasteiger partial charge in [-0.1, -0.05) is 75.9 Å². The van der Waals surface area contributed by atoms with E-state index >= 15 is 0 Å². The van der Waals surface area contributed by atoms with Crippen LogP contribution < -0.4 is 14.8 Å². The molecule has 1 N–H and O–H groups in total. The summed E-state index contributed by atoms with van der Waals surface area (Å²) in [5.41, 5.74) is 0.713. The molecule has 3 rings (SSSR count). The van der Waals surface area contributed by atoms with Crippen molar-refractivity contribution in [3.05, 3.63) is 95.6 Å². The lowest BCUT2D eigenvalue weighted by Gasteiger charge is -2.33. The van der Waals surface area contributed by atoms with Crippen LogP contribution in [-0.4, -0.2) is 56.7 Å². The monoisotopic (exact) mass is 597 g/mol. The van der Waals surface area contributed by atoms with Gasteiger partial charge in [-0.05, 0) is 54.8 Å². The van der Waals surface area contributed by atoms with Gasteiger partial charge in [-0.15, -0.1) is 0 Å². The van der Waals surface area contributed by atoms with Gasteiger partial charge in [0, 0.05) is 13.0 Å². The zero-order chi connectivity index (χ0) is 31.7. The molecule has 0 heterocycles. The fourth-order valence-corrected chi connectivity index (χ4v) is 4.44. The van der Waals surface area contributed by atoms with Crippen LogP contribution in [0.1, 0.15) is 68.3 Å². The van der Waals surface area contributed by atoms with Gasteiger partial charge < -0.3 is 19.3 Å². The van der Waals surface area contributed by atoms with Crippen molar-refractivity contribution in [1.82, 2.24) is 5.32 Å². The summed E-state index contributed by atoms with van der Waals surface area (Å²) in [6.45, 7) is 5.26. The average Bonchev–Trinajstić information content (AvgIpc) is 3.00. The van der Waals surface area contributed by atoms with E-state index in [0.717, 1.165) is 44.6 Å². The van der Waals surface area contributed by atoms with Gasteiger partial charge >= 0.3 is 5.97 Å². The van der Waals surface area contributed by atoms with E-state index in [9.17, 15) is 18.4 Å². The minimum Gasteiger partial charge on any atom is -0.494 e. The highest BCUT2D eigenvalue weighted by molar-refractivity contribution is 5.91. The molecule has 43 heavy (non-hydrogen) atoms. The molecule has 0 radical (unpaired) electrons. The Balaban J connectivity index is 0.00000316. The van der Waals surface area contributed by atoms with Crippen molar-refractivity contribution in [2.24, 2.45) is 0 Å². The molecule has 0 bridgehead atoms. The van der Waals surface area contributed by atoms with Gasteiger partial charge in [0.1, 0.15) is 11.5 Å². The first-order valence-corrected chi connectivity index (χ1v) is 15.2. The molecule has 0 saturated heterocycles. The van der Waals surface area contributed by atoms with Crippen LogP contribution in [-0.2, 0) is 11.2 Å². The Morgan fingerprint density at radius 3 is 2.02 bits per heavy atom. The van der Waals surface area contributed by atoms with Gasteiger partial charge in [0.05, 0.1) is 33.3 Å². The Bertz CT molecular complexity index is 1240. The second-order valence-corrected chi connectivity index (χ2v) is 11.0. The van der Waals surface area contributed by atoms with E-state index in [2.05, 4.69) is 38.6 Å². The highest BCUT2D eigenvalue weighted by atomic mass is 19.2. The van der Waals surface area contributed by atoms with Crippen molar-refractivity contribution in [3.63, 3.8) is 0 Å². The molecule has 234 valence electrons. The number of halogens is 2. The summed E-state index contributed by atoms with van der Waals surface area (Å²) in [5, 5.41) is 3.13. The second-order valence-electron chi connectivity index (χ2n) is 11.0. The molecule has 0 aliphatic rings. The maximum atomic E-state index is 13.8. The third kappa shape index (κ3) is 12.5. The summed E-state index contributed by atoms with van der Waals surface area (Å²) < 4.78 is 38.5.